The highest BCUT2D eigenvalue weighted by Gasteiger charge is 2.25. The normalized spacial score (nSPS) is 18.1. The van der Waals surface area contributed by atoms with E-state index in [1.807, 2.05) is 16.3 Å². The van der Waals surface area contributed by atoms with Crippen molar-refractivity contribution in [3.05, 3.63) is 50.3 Å². The maximum Gasteiger partial charge on any atom is 0.251 e. The molecule has 0 aliphatic carbocycles. The van der Waals surface area contributed by atoms with E-state index in [1.54, 1.807) is 24.3 Å². The van der Waals surface area contributed by atoms with Gasteiger partial charge in [-0.15, -0.1) is 11.3 Å². The number of hydrogen-bond donors (Lipinski definition) is 1. The zero-order chi connectivity index (χ0) is 16.2. The molecule has 0 saturated carbocycles. The Hall–Kier alpha value is -1.95. The van der Waals surface area contributed by atoms with Crippen LogP contribution in [-0.4, -0.2) is 33.9 Å². The molecular formula is C17H21N3O2S. The molecule has 1 atom stereocenters. The number of hydrogen-bond acceptors (Lipinski definition) is 4. The molecule has 1 N–H and O–H groups in total. The Morgan fingerprint density at radius 2 is 2.39 bits per heavy atom. The first kappa shape index (κ1) is 15.9. The highest BCUT2D eigenvalue weighted by molar-refractivity contribution is 7.09. The van der Waals surface area contributed by atoms with Crippen LogP contribution in [0.4, 0.5) is 0 Å². The van der Waals surface area contributed by atoms with Crippen LogP contribution in [-0.2, 0) is 11.2 Å². The van der Waals surface area contributed by atoms with E-state index in [4.69, 9.17) is 0 Å². The Kier molecular flexibility index (Phi) is 4.91. The average Bonchev–Trinajstić information content (AvgIpc) is 3.05. The standard InChI is InChI=1S/C17H21N3O2S/c1-12-18-15(10-16(21)19-12)13-4-2-8-20(11-13)17(22)7-6-14-5-3-9-23-14/h3,5,9-10,13H,2,4,6-8,11H2,1H3,(H,18,19,21). The van der Waals surface area contributed by atoms with Crippen LogP contribution in [0.15, 0.2) is 28.4 Å². The summed E-state index contributed by atoms with van der Waals surface area (Å²) in [6.45, 7) is 3.26. The quantitative estimate of drug-likeness (QED) is 0.936. The number of nitrogens with zero attached hydrogens (tertiary/aromatic N) is 2. The fourth-order valence-corrected chi connectivity index (χ4v) is 3.81. The maximum absolute atomic E-state index is 12.4. The van der Waals surface area contributed by atoms with Crippen molar-refractivity contribution in [3.63, 3.8) is 0 Å². The van der Waals surface area contributed by atoms with Crippen LogP contribution >= 0.6 is 11.3 Å². The Balaban J connectivity index is 1.63. The predicted octanol–water partition coefficient (Wildman–Crippen LogP) is 2.48. The number of aryl methyl sites for hydroxylation is 2. The summed E-state index contributed by atoms with van der Waals surface area (Å²) in [6, 6.07) is 5.65. The minimum Gasteiger partial charge on any atom is -0.342 e. The second kappa shape index (κ2) is 7.08. The van der Waals surface area contributed by atoms with Gasteiger partial charge in [0.2, 0.25) is 5.91 Å². The molecular weight excluding hydrogens is 310 g/mol. The predicted molar refractivity (Wildman–Crippen MR) is 90.8 cm³/mol. The van der Waals surface area contributed by atoms with Gasteiger partial charge in [-0.3, -0.25) is 9.59 Å². The van der Waals surface area contributed by atoms with Crippen molar-refractivity contribution in [1.82, 2.24) is 14.9 Å². The second-order valence-corrected chi connectivity index (χ2v) is 7.05. The lowest BCUT2D eigenvalue weighted by atomic mass is 9.94. The number of piperidine rings is 1. The average molecular weight is 331 g/mol. The van der Waals surface area contributed by atoms with E-state index in [-0.39, 0.29) is 17.4 Å². The molecule has 0 aromatic carbocycles. The van der Waals surface area contributed by atoms with Crippen LogP contribution in [0.1, 0.15) is 41.6 Å². The van der Waals surface area contributed by atoms with Gasteiger partial charge in [0.15, 0.2) is 0 Å². The van der Waals surface area contributed by atoms with Crippen molar-refractivity contribution in [2.24, 2.45) is 0 Å². The first-order valence-electron chi connectivity index (χ1n) is 8.00. The minimum atomic E-state index is -0.117. The number of nitrogens with one attached hydrogen (secondary N) is 1. The van der Waals surface area contributed by atoms with Crippen LogP contribution < -0.4 is 5.56 Å². The van der Waals surface area contributed by atoms with Crippen LogP contribution in [0.2, 0.25) is 0 Å². The van der Waals surface area contributed by atoms with Gasteiger partial charge in [0, 0.05) is 36.4 Å². The number of carbonyl (C=O) groups excluding carboxylic acids is 1. The molecule has 2 aromatic heterocycles. The first-order valence-corrected chi connectivity index (χ1v) is 8.88. The first-order chi connectivity index (χ1) is 11.1. The summed E-state index contributed by atoms with van der Waals surface area (Å²) in [5.41, 5.74) is 0.690. The number of aromatic amines is 1. The number of H-pyrrole nitrogens is 1. The van der Waals surface area contributed by atoms with Crippen molar-refractivity contribution in [2.45, 2.75) is 38.5 Å². The van der Waals surface area contributed by atoms with E-state index >= 15 is 0 Å². The van der Waals surface area contributed by atoms with E-state index in [0.717, 1.165) is 31.5 Å². The number of likely N-dealkylation sites (tertiary alicyclic amines) is 1. The molecule has 122 valence electrons. The topological polar surface area (TPSA) is 66.1 Å². The lowest BCUT2D eigenvalue weighted by Crippen LogP contribution is -2.39. The zero-order valence-corrected chi connectivity index (χ0v) is 14.1. The third-order valence-corrected chi connectivity index (χ3v) is 5.17. The number of aromatic nitrogens is 2. The molecule has 1 amide bonds. The van der Waals surface area contributed by atoms with Gasteiger partial charge in [0.1, 0.15) is 5.82 Å². The molecule has 5 nitrogen and oxygen atoms in total. The fourth-order valence-electron chi connectivity index (χ4n) is 3.10. The Morgan fingerprint density at radius 3 is 3.13 bits per heavy atom. The van der Waals surface area contributed by atoms with E-state index in [2.05, 4.69) is 16.0 Å². The summed E-state index contributed by atoms with van der Waals surface area (Å²) in [5.74, 6) is 0.994. The number of carbonyl (C=O) groups is 1. The summed E-state index contributed by atoms with van der Waals surface area (Å²) in [7, 11) is 0. The SMILES string of the molecule is Cc1nc(C2CCCN(C(=O)CCc3cccs3)C2)cc(=O)[nH]1. The summed E-state index contributed by atoms with van der Waals surface area (Å²) in [5, 5.41) is 2.04. The lowest BCUT2D eigenvalue weighted by Gasteiger charge is -2.32. The summed E-state index contributed by atoms with van der Waals surface area (Å²) in [4.78, 5) is 34.4. The molecule has 1 aliphatic heterocycles. The van der Waals surface area contributed by atoms with Gasteiger partial charge in [-0.25, -0.2) is 4.98 Å². The molecule has 2 aromatic rings. The van der Waals surface area contributed by atoms with E-state index in [9.17, 15) is 9.59 Å². The van der Waals surface area contributed by atoms with E-state index in [1.165, 1.54) is 4.88 Å². The molecule has 1 fully saturated rings. The van der Waals surface area contributed by atoms with Crippen LogP contribution in [0.3, 0.4) is 0 Å². The van der Waals surface area contributed by atoms with Gasteiger partial charge < -0.3 is 9.88 Å². The largest absolute Gasteiger partial charge is 0.342 e. The molecule has 3 rings (SSSR count). The van der Waals surface area contributed by atoms with Crippen molar-refractivity contribution in [2.75, 3.05) is 13.1 Å². The molecule has 1 saturated heterocycles. The van der Waals surface area contributed by atoms with Crippen molar-refractivity contribution >= 4 is 17.2 Å². The van der Waals surface area contributed by atoms with E-state index < -0.39 is 0 Å². The summed E-state index contributed by atoms with van der Waals surface area (Å²) >= 11 is 1.69. The molecule has 3 heterocycles. The molecule has 6 heteroatoms. The summed E-state index contributed by atoms with van der Waals surface area (Å²) in [6.07, 6.45) is 3.29. The van der Waals surface area contributed by atoms with Crippen LogP contribution in [0.5, 0.6) is 0 Å². The van der Waals surface area contributed by atoms with Gasteiger partial charge >= 0.3 is 0 Å². The summed E-state index contributed by atoms with van der Waals surface area (Å²) < 4.78 is 0. The molecule has 23 heavy (non-hydrogen) atoms. The highest BCUT2D eigenvalue weighted by Crippen LogP contribution is 2.25. The molecule has 0 spiro atoms. The van der Waals surface area contributed by atoms with Crippen molar-refractivity contribution < 1.29 is 4.79 Å². The second-order valence-electron chi connectivity index (χ2n) is 6.01. The van der Waals surface area contributed by atoms with Gasteiger partial charge in [-0.2, -0.15) is 0 Å². The van der Waals surface area contributed by atoms with Crippen molar-refractivity contribution in [1.29, 1.82) is 0 Å². The third kappa shape index (κ3) is 4.07. The van der Waals surface area contributed by atoms with Gasteiger partial charge in [0.25, 0.3) is 5.56 Å². The third-order valence-electron chi connectivity index (χ3n) is 4.24. The number of amides is 1. The molecule has 0 radical (unpaired) electrons. The molecule has 1 aliphatic rings. The van der Waals surface area contributed by atoms with Crippen LogP contribution in [0, 0.1) is 6.92 Å². The zero-order valence-electron chi connectivity index (χ0n) is 13.2. The van der Waals surface area contributed by atoms with E-state index in [0.29, 0.717) is 18.8 Å². The molecule has 1 unspecified atom stereocenters. The Labute approximate surface area is 139 Å². The molecule has 0 bridgehead atoms. The van der Waals surface area contributed by atoms with Gasteiger partial charge in [0.05, 0.1) is 5.69 Å². The highest BCUT2D eigenvalue weighted by atomic mass is 32.1. The Morgan fingerprint density at radius 1 is 1.52 bits per heavy atom. The minimum absolute atomic E-state index is 0.117. The Bertz CT molecular complexity index is 724. The smallest absolute Gasteiger partial charge is 0.251 e. The number of rotatable bonds is 4. The van der Waals surface area contributed by atoms with Gasteiger partial charge in [-0.1, -0.05) is 6.07 Å². The fraction of sp³-hybridized carbons (Fsp3) is 0.471. The van der Waals surface area contributed by atoms with Crippen molar-refractivity contribution in [3.8, 4) is 0 Å². The lowest BCUT2D eigenvalue weighted by molar-refractivity contribution is -0.132. The number of thiophene rings is 1. The van der Waals surface area contributed by atoms with Gasteiger partial charge in [-0.05, 0) is 37.6 Å². The van der Waals surface area contributed by atoms with Crippen LogP contribution in [0.25, 0.3) is 0 Å². The monoisotopic (exact) mass is 331 g/mol. The maximum atomic E-state index is 12.4.